The number of halogens is 1. The number of thioether (sulfide) groups is 1. The third-order valence-corrected chi connectivity index (χ3v) is 5.46. The van der Waals surface area contributed by atoms with Gasteiger partial charge in [0.1, 0.15) is 0 Å². The largest absolute Gasteiger partial charge is 0.490 e. The molecule has 0 saturated carbocycles. The van der Waals surface area contributed by atoms with Gasteiger partial charge in [0.05, 0.1) is 19.4 Å². The number of hydrogen-bond donors (Lipinski definition) is 0. The molecule has 0 amide bonds. The molecule has 1 aromatic heterocycles. The minimum atomic E-state index is 0.571. The van der Waals surface area contributed by atoms with Crippen molar-refractivity contribution in [1.82, 2.24) is 14.9 Å². The van der Waals surface area contributed by atoms with E-state index in [-0.39, 0.29) is 0 Å². The number of benzene rings is 2. The SMILES string of the molecule is CCOc1ccc(/C=N/n2c(C)nnc2SCc2ccc(Br)cc2)cc1OCC. The maximum absolute atomic E-state index is 5.69. The quantitative estimate of drug-likeness (QED) is 0.310. The van der Waals surface area contributed by atoms with Gasteiger partial charge in [-0.2, -0.15) is 9.78 Å². The molecule has 0 saturated heterocycles. The van der Waals surface area contributed by atoms with Crippen LogP contribution in [-0.4, -0.2) is 34.3 Å². The Morgan fingerprint density at radius 2 is 1.76 bits per heavy atom. The van der Waals surface area contributed by atoms with Crippen molar-refractivity contribution < 1.29 is 9.47 Å². The van der Waals surface area contributed by atoms with Gasteiger partial charge in [0, 0.05) is 10.2 Å². The van der Waals surface area contributed by atoms with Crippen LogP contribution in [0, 0.1) is 6.92 Å². The van der Waals surface area contributed by atoms with E-state index in [1.165, 1.54) is 5.56 Å². The fraction of sp³-hybridized carbons (Fsp3) is 0.286. The average molecular weight is 475 g/mol. The van der Waals surface area contributed by atoms with Crippen LogP contribution >= 0.6 is 27.7 Å². The lowest BCUT2D eigenvalue weighted by Gasteiger charge is -2.11. The van der Waals surface area contributed by atoms with Crippen molar-refractivity contribution in [2.75, 3.05) is 13.2 Å². The van der Waals surface area contributed by atoms with Crippen LogP contribution in [0.4, 0.5) is 0 Å². The third-order valence-electron chi connectivity index (χ3n) is 3.94. The molecule has 3 aromatic rings. The van der Waals surface area contributed by atoms with E-state index in [1.807, 2.05) is 51.1 Å². The fourth-order valence-corrected chi connectivity index (χ4v) is 3.71. The van der Waals surface area contributed by atoms with Crippen LogP contribution in [0.3, 0.4) is 0 Å². The molecule has 0 radical (unpaired) electrons. The second kappa shape index (κ2) is 10.5. The molecule has 0 bridgehead atoms. The van der Waals surface area contributed by atoms with Crippen LogP contribution in [0.1, 0.15) is 30.8 Å². The van der Waals surface area contributed by atoms with E-state index in [0.717, 1.165) is 32.5 Å². The molecule has 0 aliphatic heterocycles. The highest BCUT2D eigenvalue weighted by Gasteiger charge is 2.10. The Balaban J connectivity index is 1.76. The van der Waals surface area contributed by atoms with Gasteiger partial charge in [-0.05, 0) is 62.2 Å². The highest BCUT2D eigenvalue weighted by Crippen LogP contribution is 2.28. The Kier molecular flexibility index (Phi) is 7.71. The number of hydrogen-bond acceptors (Lipinski definition) is 6. The Labute approximate surface area is 183 Å². The molecule has 0 aliphatic carbocycles. The van der Waals surface area contributed by atoms with Gasteiger partial charge in [0.15, 0.2) is 17.3 Å². The van der Waals surface area contributed by atoms with Crippen molar-refractivity contribution in [3.05, 3.63) is 63.9 Å². The predicted octanol–water partition coefficient (Wildman–Crippen LogP) is 5.32. The lowest BCUT2D eigenvalue weighted by atomic mass is 10.2. The summed E-state index contributed by atoms with van der Waals surface area (Å²) in [5.74, 6) is 2.97. The van der Waals surface area contributed by atoms with Crippen LogP contribution in [0.2, 0.25) is 0 Å². The third kappa shape index (κ3) is 5.83. The van der Waals surface area contributed by atoms with Crippen LogP contribution < -0.4 is 9.47 Å². The fourth-order valence-electron chi connectivity index (χ4n) is 2.56. The number of rotatable bonds is 9. The van der Waals surface area contributed by atoms with Gasteiger partial charge in [-0.3, -0.25) is 0 Å². The number of aryl methyl sites for hydroxylation is 1. The van der Waals surface area contributed by atoms with E-state index in [1.54, 1.807) is 22.7 Å². The van der Waals surface area contributed by atoms with E-state index in [0.29, 0.717) is 19.0 Å². The van der Waals surface area contributed by atoms with Crippen LogP contribution in [0.15, 0.2) is 57.2 Å². The van der Waals surface area contributed by atoms with Crippen molar-refractivity contribution in [1.29, 1.82) is 0 Å². The lowest BCUT2D eigenvalue weighted by Crippen LogP contribution is -2.00. The Bertz CT molecular complexity index is 973. The smallest absolute Gasteiger partial charge is 0.212 e. The van der Waals surface area contributed by atoms with Gasteiger partial charge >= 0.3 is 0 Å². The second-order valence-electron chi connectivity index (χ2n) is 6.07. The maximum Gasteiger partial charge on any atom is 0.212 e. The molecule has 1 heterocycles. The number of nitrogens with zero attached hydrogens (tertiary/aromatic N) is 4. The summed E-state index contributed by atoms with van der Waals surface area (Å²) in [6, 6.07) is 14.0. The van der Waals surface area contributed by atoms with E-state index < -0.39 is 0 Å². The highest BCUT2D eigenvalue weighted by molar-refractivity contribution is 9.10. The first-order valence-corrected chi connectivity index (χ1v) is 11.1. The average Bonchev–Trinajstić information content (AvgIpc) is 3.07. The second-order valence-corrected chi connectivity index (χ2v) is 7.93. The summed E-state index contributed by atoms with van der Waals surface area (Å²) in [6.45, 7) is 6.95. The molecule has 0 atom stereocenters. The molecule has 2 aromatic carbocycles. The van der Waals surface area contributed by atoms with Crippen LogP contribution in [0.5, 0.6) is 11.5 Å². The van der Waals surface area contributed by atoms with E-state index in [2.05, 4.69) is 43.4 Å². The maximum atomic E-state index is 5.69. The molecule has 0 aliphatic rings. The van der Waals surface area contributed by atoms with Gasteiger partial charge in [-0.1, -0.05) is 39.8 Å². The molecule has 152 valence electrons. The predicted molar refractivity (Wildman–Crippen MR) is 120 cm³/mol. The molecule has 0 unspecified atom stereocenters. The minimum absolute atomic E-state index is 0.571. The summed E-state index contributed by atoms with van der Waals surface area (Å²) in [6.07, 6.45) is 1.78. The summed E-state index contributed by atoms with van der Waals surface area (Å²) in [5, 5.41) is 13.8. The van der Waals surface area contributed by atoms with E-state index in [9.17, 15) is 0 Å². The van der Waals surface area contributed by atoms with Crippen molar-refractivity contribution in [2.24, 2.45) is 5.10 Å². The van der Waals surface area contributed by atoms with Crippen molar-refractivity contribution >= 4 is 33.9 Å². The summed E-state index contributed by atoms with van der Waals surface area (Å²) in [5.41, 5.74) is 2.12. The van der Waals surface area contributed by atoms with Gasteiger partial charge < -0.3 is 9.47 Å². The lowest BCUT2D eigenvalue weighted by molar-refractivity contribution is 0.288. The number of aromatic nitrogens is 3. The highest BCUT2D eigenvalue weighted by atomic mass is 79.9. The first-order valence-electron chi connectivity index (χ1n) is 9.34. The topological polar surface area (TPSA) is 61.5 Å². The van der Waals surface area contributed by atoms with Crippen molar-refractivity contribution in [3.63, 3.8) is 0 Å². The zero-order valence-electron chi connectivity index (χ0n) is 16.6. The van der Waals surface area contributed by atoms with Crippen LogP contribution in [-0.2, 0) is 5.75 Å². The first-order chi connectivity index (χ1) is 14.1. The first kappa shape index (κ1) is 21.4. The Morgan fingerprint density at radius 1 is 1.03 bits per heavy atom. The molecular formula is C21H23BrN4O2S. The molecular weight excluding hydrogens is 452 g/mol. The molecule has 8 heteroatoms. The van der Waals surface area contributed by atoms with Gasteiger partial charge in [0.25, 0.3) is 0 Å². The van der Waals surface area contributed by atoms with E-state index in [4.69, 9.17) is 9.47 Å². The summed E-state index contributed by atoms with van der Waals surface area (Å²) >= 11 is 5.06. The summed E-state index contributed by atoms with van der Waals surface area (Å²) in [7, 11) is 0. The van der Waals surface area contributed by atoms with Crippen LogP contribution in [0.25, 0.3) is 0 Å². The minimum Gasteiger partial charge on any atom is -0.490 e. The monoisotopic (exact) mass is 474 g/mol. The van der Waals surface area contributed by atoms with Gasteiger partial charge in [-0.15, -0.1) is 10.2 Å². The van der Waals surface area contributed by atoms with Crippen molar-refractivity contribution in [3.8, 4) is 11.5 Å². The molecule has 0 N–H and O–H groups in total. The molecule has 6 nitrogen and oxygen atoms in total. The van der Waals surface area contributed by atoms with Gasteiger partial charge in [0.2, 0.25) is 5.16 Å². The van der Waals surface area contributed by atoms with Gasteiger partial charge in [-0.25, -0.2) is 0 Å². The standard InChI is InChI=1S/C21H23BrN4O2S/c1-4-27-19-11-8-17(12-20(19)28-5-2)13-23-26-15(3)24-25-21(26)29-14-16-6-9-18(22)10-7-16/h6-13H,4-5,14H2,1-3H3/b23-13+. The zero-order valence-corrected chi connectivity index (χ0v) is 19.0. The Morgan fingerprint density at radius 3 is 2.48 bits per heavy atom. The van der Waals surface area contributed by atoms with Crippen molar-refractivity contribution in [2.45, 2.75) is 31.7 Å². The van der Waals surface area contributed by atoms with E-state index >= 15 is 0 Å². The molecule has 0 fully saturated rings. The molecule has 29 heavy (non-hydrogen) atoms. The summed E-state index contributed by atoms with van der Waals surface area (Å²) in [4.78, 5) is 0. The summed E-state index contributed by atoms with van der Waals surface area (Å²) < 4.78 is 14.1. The molecule has 3 rings (SSSR count). The Hall–Kier alpha value is -2.32. The molecule has 0 spiro atoms. The normalized spacial score (nSPS) is 11.2. The number of ether oxygens (including phenoxy) is 2. The zero-order chi connectivity index (χ0) is 20.6.